The van der Waals surface area contributed by atoms with Crippen LogP contribution in [0.1, 0.15) is 12.2 Å². The molecule has 1 heterocycles. The number of carbonyl (C=O) groups is 1. The highest BCUT2D eigenvalue weighted by molar-refractivity contribution is 7.88. The fourth-order valence-electron chi connectivity index (χ4n) is 2.16. The largest absolute Gasteiger partial charge is 0.495 e. The molecular formula is C16H19ClN2O5S. The van der Waals surface area contributed by atoms with Crippen LogP contribution in [0, 0.1) is 0 Å². The number of ether oxygens (including phenoxy) is 1. The van der Waals surface area contributed by atoms with Gasteiger partial charge in [-0.05, 0) is 30.3 Å². The van der Waals surface area contributed by atoms with Crippen molar-refractivity contribution in [1.29, 1.82) is 0 Å². The van der Waals surface area contributed by atoms with Crippen molar-refractivity contribution in [1.82, 2.24) is 4.31 Å². The van der Waals surface area contributed by atoms with Gasteiger partial charge in [0.2, 0.25) is 15.9 Å². The molecule has 1 N–H and O–H groups in total. The van der Waals surface area contributed by atoms with E-state index in [-0.39, 0.29) is 25.4 Å². The lowest BCUT2D eigenvalue weighted by atomic mass is 10.2. The zero-order valence-corrected chi connectivity index (χ0v) is 15.4. The van der Waals surface area contributed by atoms with Crippen molar-refractivity contribution in [3.63, 3.8) is 0 Å². The van der Waals surface area contributed by atoms with Crippen molar-refractivity contribution in [3.8, 4) is 5.75 Å². The Morgan fingerprint density at radius 2 is 2.12 bits per heavy atom. The number of carbonyl (C=O) groups excluding carboxylic acids is 1. The zero-order chi connectivity index (χ0) is 18.4. The van der Waals surface area contributed by atoms with E-state index < -0.39 is 10.0 Å². The molecule has 0 radical (unpaired) electrons. The Labute approximate surface area is 151 Å². The van der Waals surface area contributed by atoms with Crippen LogP contribution in [0.15, 0.2) is 41.0 Å². The number of anilines is 1. The maximum Gasteiger partial charge on any atom is 0.225 e. The minimum atomic E-state index is -3.48. The van der Waals surface area contributed by atoms with Crippen molar-refractivity contribution < 1.29 is 22.4 Å². The molecule has 0 aliphatic carbocycles. The van der Waals surface area contributed by atoms with Crippen LogP contribution in [0.25, 0.3) is 0 Å². The minimum Gasteiger partial charge on any atom is -0.495 e. The number of methoxy groups -OCH3 is 1. The third-order valence-electron chi connectivity index (χ3n) is 3.41. The van der Waals surface area contributed by atoms with E-state index in [2.05, 4.69) is 5.32 Å². The number of halogens is 1. The Hall–Kier alpha value is -2.03. The average Bonchev–Trinajstić information content (AvgIpc) is 3.03. The van der Waals surface area contributed by atoms with Gasteiger partial charge in [0.15, 0.2) is 0 Å². The van der Waals surface area contributed by atoms with Crippen LogP contribution in [0.5, 0.6) is 5.75 Å². The fraction of sp³-hybridized carbons (Fsp3) is 0.312. The van der Waals surface area contributed by atoms with Crippen LogP contribution in [-0.2, 0) is 21.4 Å². The molecule has 0 aliphatic rings. The second-order valence-corrected chi connectivity index (χ2v) is 7.74. The smallest absolute Gasteiger partial charge is 0.225 e. The first-order valence-corrected chi connectivity index (χ1v) is 9.63. The molecule has 0 unspecified atom stereocenters. The van der Waals surface area contributed by atoms with Crippen LogP contribution in [0.2, 0.25) is 5.02 Å². The number of nitrogens with zero attached hydrogens (tertiary/aromatic N) is 1. The molecule has 1 aromatic carbocycles. The number of sulfonamides is 1. The van der Waals surface area contributed by atoms with E-state index in [1.807, 2.05) is 0 Å². The number of amides is 1. The lowest BCUT2D eigenvalue weighted by Crippen LogP contribution is -2.32. The Morgan fingerprint density at radius 3 is 2.72 bits per heavy atom. The summed E-state index contributed by atoms with van der Waals surface area (Å²) in [4.78, 5) is 12.2. The first kappa shape index (κ1) is 19.3. The summed E-state index contributed by atoms with van der Waals surface area (Å²) in [6, 6.07) is 8.20. The second kappa shape index (κ2) is 8.37. The summed E-state index contributed by atoms with van der Waals surface area (Å²) in [5.41, 5.74) is 0.428. The van der Waals surface area contributed by atoms with Gasteiger partial charge < -0.3 is 14.5 Å². The first-order chi connectivity index (χ1) is 11.8. The molecule has 0 bridgehead atoms. The predicted octanol–water partition coefficient (Wildman–Crippen LogP) is 2.73. The summed E-state index contributed by atoms with van der Waals surface area (Å²) in [6.07, 6.45) is 2.53. The van der Waals surface area contributed by atoms with Gasteiger partial charge >= 0.3 is 0 Å². The number of hydrogen-bond acceptors (Lipinski definition) is 5. The molecule has 136 valence electrons. The number of furan rings is 1. The quantitative estimate of drug-likeness (QED) is 0.753. The molecule has 0 atom stereocenters. The standard InChI is InChI=1S/C16H19ClN2O5S/c1-23-15-6-5-12(17)10-14(15)18-16(20)7-8-19(25(2,21)22)11-13-4-3-9-24-13/h3-6,9-10H,7-8,11H2,1-2H3,(H,18,20). The van der Waals surface area contributed by atoms with Crippen LogP contribution in [0.4, 0.5) is 5.69 Å². The summed E-state index contributed by atoms with van der Waals surface area (Å²) in [5, 5.41) is 3.13. The van der Waals surface area contributed by atoms with Gasteiger partial charge in [-0.15, -0.1) is 0 Å². The highest BCUT2D eigenvalue weighted by Gasteiger charge is 2.20. The second-order valence-electron chi connectivity index (χ2n) is 5.32. The molecule has 2 aromatic rings. The summed E-state index contributed by atoms with van der Waals surface area (Å²) in [5.74, 6) is 0.615. The maximum absolute atomic E-state index is 12.2. The minimum absolute atomic E-state index is 0.0221. The average molecular weight is 387 g/mol. The van der Waals surface area contributed by atoms with Gasteiger partial charge in [-0.2, -0.15) is 4.31 Å². The molecule has 0 saturated carbocycles. The molecule has 0 saturated heterocycles. The van der Waals surface area contributed by atoms with E-state index in [0.29, 0.717) is 22.2 Å². The summed E-state index contributed by atoms with van der Waals surface area (Å²) >= 11 is 5.92. The van der Waals surface area contributed by atoms with Crippen molar-refractivity contribution >= 4 is 33.2 Å². The zero-order valence-electron chi connectivity index (χ0n) is 13.9. The summed E-state index contributed by atoms with van der Waals surface area (Å²) in [7, 11) is -2.00. The van der Waals surface area contributed by atoms with Gasteiger partial charge in [0.25, 0.3) is 0 Å². The van der Waals surface area contributed by atoms with E-state index in [0.717, 1.165) is 6.26 Å². The molecule has 0 aliphatic heterocycles. The van der Waals surface area contributed by atoms with Gasteiger partial charge in [0, 0.05) is 18.0 Å². The van der Waals surface area contributed by atoms with E-state index in [9.17, 15) is 13.2 Å². The lowest BCUT2D eigenvalue weighted by molar-refractivity contribution is -0.116. The molecule has 7 nitrogen and oxygen atoms in total. The Balaban J connectivity index is 2.00. The third-order valence-corrected chi connectivity index (χ3v) is 4.89. The Morgan fingerprint density at radius 1 is 1.36 bits per heavy atom. The number of hydrogen-bond donors (Lipinski definition) is 1. The highest BCUT2D eigenvalue weighted by Crippen LogP contribution is 2.27. The summed E-state index contributed by atoms with van der Waals surface area (Å²) < 4.78 is 35.3. The molecule has 1 amide bonds. The van der Waals surface area contributed by atoms with Crippen LogP contribution < -0.4 is 10.1 Å². The van der Waals surface area contributed by atoms with Crippen LogP contribution in [0.3, 0.4) is 0 Å². The number of benzene rings is 1. The number of rotatable bonds is 8. The van der Waals surface area contributed by atoms with Crippen LogP contribution >= 0.6 is 11.6 Å². The van der Waals surface area contributed by atoms with Gasteiger partial charge in [-0.1, -0.05) is 11.6 Å². The van der Waals surface area contributed by atoms with Gasteiger partial charge in [-0.3, -0.25) is 4.79 Å². The molecule has 0 fully saturated rings. The third kappa shape index (κ3) is 5.77. The SMILES string of the molecule is COc1ccc(Cl)cc1NC(=O)CCN(Cc1ccco1)S(C)(=O)=O. The van der Waals surface area contributed by atoms with E-state index in [1.165, 1.54) is 17.7 Å². The van der Waals surface area contributed by atoms with Gasteiger partial charge in [0.1, 0.15) is 11.5 Å². The molecule has 2 rings (SSSR count). The van der Waals surface area contributed by atoms with E-state index in [1.54, 1.807) is 30.3 Å². The Kier molecular flexibility index (Phi) is 6.46. The van der Waals surface area contributed by atoms with Crippen molar-refractivity contribution in [2.75, 3.05) is 25.2 Å². The van der Waals surface area contributed by atoms with E-state index >= 15 is 0 Å². The van der Waals surface area contributed by atoms with E-state index in [4.69, 9.17) is 20.8 Å². The fourth-order valence-corrected chi connectivity index (χ4v) is 3.11. The lowest BCUT2D eigenvalue weighted by Gasteiger charge is -2.18. The van der Waals surface area contributed by atoms with Crippen molar-refractivity contribution in [2.24, 2.45) is 0 Å². The molecule has 25 heavy (non-hydrogen) atoms. The highest BCUT2D eigenvalue weighted by atomic mass is 35.5. The maximum atomic E-state index is 12.2. The summed E-state index contributed by atoms with van der Waals surface area (Å²) in [6.45, 7) is 0.0911. The topological polar surface area (TPSA) is 88.8 Å². The molecule has 0 spiro atoms. The Bertz CT molecular complexity index is 821. The van der Waals surface area contributed by atoms with Gasteiger partial charge in [0.05, 0.1) is 31.9 Å². The van der Waals surface area contributed by atoms with Crippen LogP contribution in [-0.4, -0.2) is 38.5 Å². The predicted molar refractivity (Wildman–Crippen MR) is 95.2 cm³/mol. The molecule has 1 aromatic heterocycles. The monoisotopic (exact) mass is 386 g/mol. The molecular weight excluding hydrogens is 368 g/mol. The van der Waals surface area contributed by atoms with Crippen molar-refractivity contribution in [2.45, 2.75) is 13.0 Å². The first-order valence-electron chi connectivity index (χ1n) is 7.40. The number of nitrogens with one attached hydrogen (secondary N) is 1. The van der Waals surface area contributed by atoms with Crippen molar-refractivity contribution in [3.05, 3.63) is 47.4 Å². The molecule has 9 heteroatoms. The van der Waals surface area contributed by atoms with Gasteiger partial charge in [-0.25, -0.2) is 8.42 Å². The normalized spacial score (nSPS) is 11.5.